The van der Waals surface area contributed by atoms with E-state index >= 15 is 0 Å². The van der Waals surface area contributed by atoms with Gasteiger partial charge in [0.2, 0.25) is 0 Å². The molecular formula is C29H35N3O2. The molecule has 0 aromatic heterocycles. The summed E-state index contributed by atoms with van der Waals surface area (Å²) >= 11 is 0. The van der Waals surface area contributed by atoms with E-state index in [4.69, 9.17) is 10.7 Å². The first-order chi connectivity index (χ1) is 16.3. The average molecular weight is 458 g/mol. The molecule has 2 heterocycles. The van der Waals surface area contributed by atoms with Crippen LogP contribution in [0.1, 0.15) is 67.8 Å². The Hall–Kier alpha value is -3.21. The van der Waals surface area contributed by atoms with E-state index in [0.717, 1.165) is 40.8 Å². The molecule has 2 aliphatic rings. The fourth-order valence-electron chi connectivity index (χ4n) is 5.12. The molecule has 0 bridgehead atoms. The molecule has 0 saturated heterocycles. The van der Waals surface area contributed by atoms with Gasteiger partial charge in [0.25, 0.3) is 11.8 Å². The summed E-state index contributed by atoms with van der Waals surface area (Å²) in [6.45, 7) is 9.09. The molecule has 5 nitrogen and oxygen atoms in total. The number of para-hydroxylation sites is 1. The summed E-state index contributed by atoms with van der Waals surface area (Å²) in [4.78, 5) is 32.9. The first-order valence-electron chi connectivity index (χ1n) is 12.4. The summed E-state index contributed by atoms with van der Waals surface area (Å²) < 4.78 is 0. The Labute approximate surface area is 202 Å². The SMILES string of the molecule is CCC(C)Cc1ccc(C)c(C2CCC3=C(CCN(c4ccccc4C)C3=O)C(C(N)=O)=N2)c1. The molecule has 0 radical (unpaired) electrons. The summed E-state index contributed by atoms with van der Waals surface area (Å²) in [7, 11) is 0. The predicted molar refractivity (Wildman–Crippen MR) is 138 cm³/mol. The van der Waals surface area contributed by atoms with Crippen LogP contribution in [0, 0.1) is 19.8 Å². The Morgan fingerprint density at radius 3 is 2.59 bits per heavy atom. The van der Waals surface area contributed by atoms with E-state index in [0.29, 0.717) is 37.3 Å². The third-order valence-corrected chi connectivity index (χ3v) is 7.31. The molecule has 2 atom stereocenters. The third-order valence-electron chi connectivity index (χ3n) is 7.31. The summed E-state index contributed by atoms with van der Waals surface area (Å²) in [5, 5.41) is 0. The zero-order valence-electron chi connectivity index (χ0n) is 20.7. The molecule has 0 fully saturated rings. The van der Waals surface area contributed by atoms with Gasteiger partial charge in [-0.15, -0.1) is 0 Å². The van der Waals surface area contributed by atoms with Crippen LogP contribution >= 0.6 is 0 Å². The quantitative estimate of drug-likeness (QED) is 0.632. The number of benzene rings is 2. The fourth-order valence-corrected chi connectivity index (χ4v) is 5.12. The zero-order chi connectivity index (χ0) is 24.4. The molecule has 178 valence electrons. The van der Waals surface area contributed by atoms with Crippen molar-refractivity contribution in [3.05, 3.63) is 75.9 Å². The van der Waals surface area contributed by atoms with Gasteiger partial charge in [0.05, 0.1) is 6.04 Å². The maximum Gasteiger partial charge on any atom is 0.267 e. The Morgan fingerprint density at radius 1 is 1.12 bits per heavy atom. The van der Waals surface area contributed by atoms with Crippen molar-refractivity contribution in [2.24, 2.45) is 16.6 Å². The van der Waals surface area contributed by atoms with Crippen LogP contribution in [0.3, 0.4) is 0 Å². The lowest BCUT2D eigenvalue weighted by molar-refractivity contribution is -0.115. The minimum atomic E-state index is -0.551. The van der Waals surface area contributed by atoms with Crippen molar-refractivity contribution >= 4 is 23.2 Å². The van der Waals surface area contributed by atoms with Gasteiger partial charge >= 0.3 is 0 Å². The Bertz CT molecular complexity index is 1180. The number of hydrogen-bond donors (Lipinski definition) is 1. The molecule has 2 amide bonds. The number of carbonyl (C=O) groups excluding carboxylic acids is 2. The lowest BCUT2D eigenvalue weighted by atomic mass is 9.89. The van der Waals surface area contributed by atoms with Crippen LogP contribution in [0.15, 0.2) is 58.6 Å². The number of anilines is 1. The summed E-state index contributed by atoms with van der Waals surface area (Å²) in [6, 6.07) is 14.3. The summed E-state index contributed by atoms with van der Waals surface area (Å²) in [6.07, 6.45) is 3.98. The Balaban J connectivity index is 1.69. The van der Waals surface area contributed by atoms with Crippen molar-refractivity contribution in [2.45, 2.75) is 65.8 Å². The number of carbonyl (C=O) groups is 2. The molecule has 0 aliphatic carbocycles. The van der Waals surface area contributed by atoms with E-state index in [-0.39, 0.29) is 17.7 Å². The molecule has 0 saturated carbocycles. The van der Waals surface area contributed by atoms with Gasteiger partial charge in [-0.05, 0) is 79.3 Å². The van der Waals surface area contributed by atoms with Gasteiger partial charge in [0, 0.05) is 17.8 Å². The van der Waals surface area contributed by atoms with E-state index < -0.39 is 5.91 Å². The zero-order valence-corrected chi connectivity index (χ0v) is 20.7. The van der Waals surface area contributed by atoms with Crippen LogP contribution in [-0.4, -0.2) is 24.1 Å². The maximum atomic E-state index is 13.6. The molecule has 34 heavy (non-hydrogen) atoms. The van der Waals surface area contributed by atoms with E-state index in [9.17, 15) is 9.59 Å². The smallest absolute Gasteiger partial charge is 0.267 e. The van der Waals surface area contributed by atoms with Crippen molar-refractivity contribution in [3.8, 4) is 0 Å². The number of aryl methyl sites for hydroxylation is 2. The largest absolute Gasteiger partial charge is 0.364 e. The second-order valence-corrected chi connectivity index (χ2v) is 9.76. The lowest BCUT2D eigenvalue weighted by Gasteiger charge is -2.31. The molecule has 2 unspecified atom stereocenters. The van der Waals surface area contributed by atoms with Crippen molar-refractivity contribution in [1.29, 1.82) is 0 Å². The highest BCUT2D eigenvalue weighted by molar-refractivity contribution is 6.46. The monoisotopic (exact) mass is 457 g/mol. The number of amides is 2. The number of nitrogens with zero attached hydrogens (tertiary/aromatic N) is 2. The number of primary amides is 1. The van der Waals surface area contributed by atoms with Crippen LogP contribution in [0.5, 0.6) is 0 Å². The van der Waals surface area contributed by atoms with Gasteiger partial charge in [0.15, 0.2) is 0 Å². The van der Waals surface area contributed by atoms with Gasteiger partial charge in [0.1, 0.15) is 5.71 Å². The number of nitrogens with two attached hydrogens (primary N) is 1. The van der Waals surface area contributed by atoms with E-state index in [1.54, 1.807) is 0 Å². The normalized spacial score (nSPS) is 19.4. The van der Waals surface area contributed by atoms with Crippen molar-refractivity contribution in [1.82, 2.24) is 0 Å². The Kier molecular flexibility index (Phi) is 7.01. The third kappa shape index (κ3) is 4.70. The van der Waals surface area contributed by atoms with Crippen molar-refractivity contribution in [2.75, 3.05) is 11.4 Å². The summed E-state index contributed by atoms with van der Waals surface area (Å²) in [5.74, 6) is 0.0192. The topological polar surface area (TPSA) is 75.8 Å². The van der Waals surface area contributed by atoms with Crippen molar-refractivity contribution in [3.63, 3.8) is 0 Å². The van der Waals surface area contributed by atoms with E-state index in [2.05, 4.69) is 39.0 Å². The van der Waals surface area contributed by atoms with Gasteiger partial charge in [-0.3, -0.25) is 14.6 Å². The van der Waals surface area contributed by atoms with E-state index in [1.165, 1.54) is 5.56 Å². The molecule has 5 heteroatoms. The summed E-state index contributed by atoms with van der Waals surface area (Å²) in [5.41, 5.74) is 13.1. The predicted octanol–water partition coefficient (Wildman–Crippen LogP) is 5.39. The van der Waals surface area contributed by atoms with Gasteiger partial charge < -0.3 is 10.6 Å². The van der Waals surface area contributed by atoms with Crippen molar-refractivity contribution < 1.29 is 9.59 Å². The molecule has 2 aliphatic heterocycles. The highest BCUT2D eigenvalue weighted by Gasteiger charge is 2.35. The molecular weight excluding hydrogens is 422 g/mol. The van der Waals surface area contributed by atoms with Crippen LogP contribution < -0.4 is 10.6 Å². The van der Waals surface area contributed by atoms with Gasteiger partial charge in [-0.1, -0.05) is 56.7 Å². The van der Waals surface area contributed by atoms with Crippen LogP contribution in [-0.2, 0) is 16.0 Å². The molecule has 2 aromatic rings. The number of rotatable bonds is 6. The lowest BCUT2D eigenvalue weighted by Crippen LogP contribution is -2.40. The van der Waals surface area contributed by atoms with Crippen LogP contribution in [0.2, 0.25) is 0 Å². The molecule has 0 spiro atoms. The highest BCUT2D eigenvalue weighted by atomic mass is 16.2. The van der Waals surface area contributed by atoms with Gasteiger partial charge in [-0.2, -0.15) is 0 Å². The standard InChI is InChI=1S/C29H35N3O2/c1-5-18(2)16-21-11-10-19(3)24(17-21)25-13-12-23-22(27(31-25)28(30)33)14-15-32(29(23)34)26-9-7-6-8-20(26)4/h6-11,17-18,25H,5,12-16H2,1-4H3,(H2,30,33). The van der Waals surface area contributed by atoms with Crippen LogP contribution in [0.25, 0.3) is 0 Å². The second-order valence-electron chi connectivity index (χ2n) is 9.76. The van der Waals surface area contributed by atoms with Gasteiger partial charge in [-0.25, -0.2) is 0 Å². The Morgan fingerprint density at radius 2 is 1.88 bits per heavy atom. The number of aliphatic imine (C=N–C) groups is 1. The van der Waals surface area contributed by atoms with Crippen LogP contribution in [0.4, 0.5) is 5.69 Å². The fraction of sp³-hybridized carbons (Fsp3) is 0.414. The molecule has 2 N–H and O–H groups in total. The maximum absolute atomic E-state index is 13.6. The molecule has 4 rings (SSSR count). The second kappa shape index (κ2) is 9.96. The van der Waals surface area contributed by atoms with E-state index in [1.807, 2.05) is 36.1 Å². The number of hydrogen-bond acceptors (Lipinski definition) is 3. The minimum Gasteiger partial charge on any atom is -0.364 e. The average Bonchev–Trinajstić information content (AvgIpc) is 3.02. The first kappa shape index (κ1) is 23.9. The minimum absolute atomic E-state index is 0.0348. The molecule has 2 aromatic carbocycles. The first-order valence-corrected chi connectivity index (χ1v) is 12.4. The highest BCUT2D eigenvalue weighted by Crippen LogP contribution is 2.37.